The zero-order valence-corrected chi connectivity index (χ0v) is 13.0. The van der Waals surface area contributed by atoms with Crippen molar-refractivity contribution in [3.63, 3.8) is 0 Å². The van der Waals surface area contributed by atoms with Crippen molar-refractivity contribution in [2.75, 3.05) is 13.7 Å². The van der Waals surface area contributed by atoms with Gasteiger partial charge in [0.25, 0.3) is 0 Å². The van der Waals surface area contributed by atoms with E-state index in [9.17, 15) is 0 Å². The number of ether oxygens (including phenoxy) is 1. The molecule has 0 saturated heterocycles. The highest BCUT2D eigenvalue weighted by Gasteiger charge is 2.15. The molecule has 0 aromatic carbocycles. The molecule has 0 amide bonds. The number of aromatic nitrogens is 1. The van der Waals surface area contributed by atoms with Crippen molar-refractivity contribution < 1.29 is 4.74 Å². The van der Waals surface area contributed by atoms with E-state index in [0.717, 1.165) is 36.4 Å². The maximum Gasteiger partial charge on any atom is 0.142 e. The summed E-state index contributed by atoms with van der Waals surface area (Å²) in [6.45, 7) is 7.31. The first-order valence-electron chi connectivity index (χ1n) is 7.13. The molecule has 0 unspecified atom stereocenters. The van der Waals surface area contributed by atoms with Crippen LogP contribution in [0.4, 0.5) is 0 Å². The van der Waals surface area contributed by atoms with Gasteiger partial charge in [0.1, 0.15) is 5.75 Å². The van der Waals surface area contributed by atoms with Crippen LogP contribution in [-0.4, -0.2) is 18.6 Å². The summed E-state index contributed by atoms with van der Waals surface area (Å²) in [6.07, 6.45) is 2.86. The van der Waals surface area contributed by atoms with Crippen molar-refractivity contribution in [2.45, 2.75) is 46.6 Å². The van der Waals surface area contributed by atoms with E-state index in [2.05, 4.69) is 16.4 Å². The largest absolute Gasteiger partial charge is 0.492 e. The highest BCUT2D eigenvalue weighted by atomic mass is 16.5. The summed E-state index contributed by atoms with van der Waals surface area (Å²) < 4.78 is 5.81. The molecule has 4 nitrogen and oxygen atoms in total. The van der Waals surface area contributed by atoms with Gasteiger partial charge in [-0.05, 0) is 59.2 Å². The van der Waals surface area contributed by atoms with E-state index in [0.29, 0.717) is 13.2 Å². The lowest BCUT2D eigenvalue weighted by Gasteiger charge is -2.15. The van der Waals surface area contributed by atoms with E-state index < -0.39 is 0 Å². The zero-order valence-electron chi connectivity index (χ0n) is 13.0. The smallest absolute Gasteiger partial charge is 0.142 e. The van der Waals surface area contributed by atoms with Gasteiger partial charge < -0.3 is 10.1 Å². The molecule has 0 atom stereocenters. The number of rotatable bonds is 8. The molecule has 4 heteroatoms. The molecule has 1 N–H and O–H groups in total. The van der Waals surface area contributed by atoms with Gasteiger partial charge in [0.15, 0.2) is 0 Å². The molecule has 0 aliphatic heterocycles. The van der Waals surface area contributed by atoms with Crippen molar-refractivity contribution in [3.05, 3.63) is 23.5 Å². The van der Waals surface area contributed by atoms with Crippen LogP contribution in [0.5, 0.6) is 5.75 Å². The average molecular weight is 275 g/mol. The second kappa shape index (κ2) is 7.86. The van der Waals surface area contributed by atoms with Crippen LogP contribution in [0.25, 0.3) is 0 Å². The molecule has 0 saturated carbocycles. The van der Waals surface area contributed by atoms with Gasteiger partial charge in [-0.15, -0.1) is 0 Å². The van der Waals surface area contributed by atoms with Gasteiger partial charge in [-0.25, -0.2) is 0 Å². The van der Waals surface area contributed by atoms with Gasteiger partial charge >= 0.3 is 0 Å². The predicted octanol–water partition coefficient (Wildman–Crippen LogP) is 3.21. The number of unbranched alkanes of at least 4 members (excludes halogenated alkanes) is 1. The summed E-state index contributed by atoms with van der Waals surface area (Å²) >= 11 is 0. The van der Waals surface area contributed by atoms with E-state index in [1.807, 2.05) is 40.0 Å². The van der Waals surface area contributed by atoms with Crippen molar-refractivity contribution in [3.8, 4) is 11.8 Å². The van der Waals surface area contributed by atoms with Gasteiger partial charge in [0.05, 0.1) is 23.8 Å². The lowest BCUT2D eigenvalue weighted by Crippen LogP contribution is -2.11. The van der Waals surface area contributed by atoms with Crippen LogP contribution in [0.1, 0.15) is 44.5 Å². The predicted molar refractivity (Wildman–Crippen MR) is 80.5 cm³/mol. The van der Waals surface area contributed by atoms with Crippen LogP contribution in [-0.2, 0) is 6.54 Å². The van der Waals surface area contributed by atoms with Crippen molar-refractivity contribution in [1.82, 2.24) is 10.3 Å². The molecule has 0 aliphatic carbocycles. The first-order chi connectivity index (χ1) is 9.48. The fraction of sp³-hybridized carbons (Fsp3) is 0.625. The second-order valence-corrected chi connectivity index (χ2v) is 5.73. The topological polar surface area (TPSA) is 57.9 Å². The van der Waals surface area contributed by atoms with Crippen LogP contribution >= 0.6 is 0 Å². The molecule has 1 aromatic rings. The fourth-order valence-corrected chi connectivity index (χ4v) is 1.93. The molecule has 1 aromatic heterocycles. The van der Waals surface area contributed by atoms with Crippen LogP contribution in [0, 0.1) is 23.7 Å². The molecule has 110 valence electrons. The maximum absolute atomic E-state index is 8.95. The first-order valence-corrected chi connectivity index (χ1v) is 7.13. The standard InChI is InChI=1S/C16H25N3O/c1-13-7-8-15(14(19-13)11-18-4)20-10-6-5-9-16(2,3)12-17/h7-8,18H,5-6,9-11H2,1-4H3. The summed E-state index contributed by atoms with van der Waals surface area (Å²) in [5.74, 6) is 0.851. The highest BCUT2D eigenvalue weighted by molar-refractivity contribution is 5.29. The normalized spacial score (nSPS) is 11.2. The second-order valence-electron chi connectivity index (χ2n) is 5.73. The Morgan fingerprint density at radius 2 is 2.10 bits per heavy atom. The third-order valence-electron chi connectivity index (χ3n) is 3.17. The number of nitrogens with zero attached hydrogens (tertiary/aromatic N) is 2. The van der Waals surface area contributed by atoms with Crippen LogP contribution < -0.4 is 10.1 Å². The van der Waals surface area contributed by atoms with Crippen molar-refractivity contribution in [2.24, 2.45) is 5.41 Å². The Hall–Kier alpha value is -1.60. The molecule has 0 fully saturated rings. The lowest BCUT2D eigenvalue weighted by atomic mass is 9.89. The van der Waals surface area contributed by atoms with Crippen LogP contribution in [0.3, 0.4) is 0 Å². The van der Waals surface area contributed by atoms with E-state index in [4.69, 9.17) is 10.00 Å². The van der Waals surface area contributed by atoms with Gasteiger partial charge in [0.2, 0.25) is 0 Å². The van der Waals surface area contributed by atoms with Gasteiger partial charge in [0, 0.05) is 12.2 Å². The lowest BCUT2D eigenvalue weighted by molar-refractivity contribution is 0.290. The molecular formula is C16H25N3O. The minimum Gasteiger partial charge on any atom is -0.492 e. The third-order valence-corrected chi connectivity index (χ3v) is 3.17. The number of aryl methyl sites for hydroxylation is 1. The minimum atomic E-state index is -0.233. The van der Waals surface area contributed by atoms with Crippen LogP contribution in [0.15, 0.2) is 12.1 Å². The Labute approximate surface area is 122 Å². The Bertz CT molecular complexity index is 463. The monoisotopic (exact) mass is 275 g/mol. The molecular weight excluding hydrogens is 250 g/mol. The number of nitrogens with one attached hydrogen (secondary N) is 1. The summed E-state index contributed by atoms with van der Waals surface area (Å²) in [7, 11) is 1.90. The number of pyridine rings is 1. The SMILES string of the molecule is CNCc1nc(C)ccc1OCCCCC(C)(C)C#N. The summed E-state index contributed by atoms with van der Waals surface area (Å²) in [5, 5.41) is 12.1. The molecule has 0 bridgehead atoms. The number of hydrogen-bond donors (Lipinski definition) is 1. The van der Waals surface area contributed by atoms with Gasteiger partial charge in [-0.1, -0.05) is 0 Å². The minimum absolute atomic E-state index is 0.233. The Balaban J connectivity index is 2.41. The van der Waals surface area contributed by atoms with Gasteiger partial charge in [-0.2, -0.15) is 5.26 Å². The Morgan fingerprint density at radius 3 is 2.75 bits per heavy atom. The molecule has 0 aliphatic rings. The van der Waals surface area contributed by atoms with E-state index in [1.54, 1.807) is 0 Å². The number of hydrogen-bond acceptors (Lipinski definition) is 4. The molecule has 1 rings (SSSR count). The summed E-state index contributed by atoms with van der Waals surface area (Å²) in [4.78, 5) is 4.48. The number of nitriles is 1. The Morgan fingerprint density at radius 1 is 1.35 bits per heavy atom. The van der Waals surface area contributed by atoms with Crippen LogP contribution in [0.2, 0.25) is 0 Å². The molecule has 1 heterocycles. The van der Waals surface area contributed by atoms with E-state index in [1.165, 1.54) is 0 Å². The van der Waals surface area contributed by atoms with E-state index >= 15 is 0 Å². The first kappa shape index (κ1) is 16.5. The average Bonchev–Trinajstić information content (AvgIpc) is 2.41. The Kier molecular flexibility index (Phi) is 6.47. The zero-order chi connectivity index (χ0) is 15.0. The van der Waals surface area contributed by atoms with Crippen molar-refractivity contribution in [1.29, 1.82) is 5.26 Å². The summed E-state index contributed by atoms with van der Waals surface area (Å²) in [5.41, 5.74) is 1.71. The molecule has 20 heavy (non-hydrogen) atoms. The van der Waals surface area contributed by atoms with Crippen molar-refractivity contribution >= 4 is 0 Å². The molecule has 0 radical (unpaired) electrons. The molecule has 0 spiro atoms. The van der Waals surface area contributed by atoms with Gasteiger partial charge in [-0.3, -0.25) is 4.98 Å². The maximum atomic E-state index is 8.95. The van der Waals surface area contributed by atoms with E-state index in [-0.39, 0.29) is 5.41 Å². The fourth-order valence-electron chi connectivity index (χ4n) is 1.93. The quantitative estimate of drug-likeness (QED) is 0.740. The highest BCUT2D eigenvalue weighted by Crippen LogP contribution is 2.22. The summed E-state index contributed by atoms with van der Waals surface area (Å²) in [6, 6.07) is 6.27. The third kappa shape index (κ3) is 5.58.